The Morgan fingerprint density at radius 3 is 2.11 bits per heavy atom. The van der Waals surface area contributed by atoms with Crippen LogP contribution in [0.4, 0.5) is 15.9 Å². The van der Waals surface area contributed by atoms with Gasteiger partial charge in [-0.05, 0) is 58.3 Å². The molecule has 1 aromatic rings. The molecule has 0 radical (unpaired) electrons. The monoisotopic (exact) mass is 395 g/mol. The lowest BCUT2D eigenvalue weighted by Crippen LogP contribution is -2.44. The molecule has 0 aliphatic carbocycles. The fourth-order valence-electron chi connectivity index (χ4n) is 3.96. The van der Waals surface area contributed by atoms with Crippen molar-refractivity contribution >= 4 is 28.7 Å². The lowest BCUT2D eigenvalue weighted by atomic mass is 9.79. The zero-order valence-corrected chi connectivity index (χ0v) is 18.1. The van der Waals surface area contributed by atoms with Gasteiger partial charge in [-0.1, -0.05) is 0 Å². The summed E-state index contributed by atoms with van der Waals surface area (Å²) in [5.74, 6) is 2.27. The third-order valence-electron chi connectivity index (χ3n) is 5.47. The standard InChI is InChI=1S/C19H33N5O2S/c1-19(2,3)26-18(25)24-12-8-15(9-13-24)14-6-10-23(11-7-14)17-20-16(21-27-17)22(4)5/h14-15H,6-13H2,1-5H3. The summed E-state index contributed by atoms with van der Waals surface area (Å²) in [4.78, 5) is 23.1. The Labute approximate surface area is 166 Å². The highest BCUT2D eigenvalue weighted by atomic mass is 32.1. The third-order valence-corrected chi connectivity index (χ3v) is 6.24. The van der Waals surface area contributed by atoms with Crippen molar-refractivity contribution in [3.8, 4) is 0 Å². The van der Waals surface area contributed by atoms with Crippen molar-refractivity contribution in [3.05, 3.63) is 0 Å². The van der Waals surface area contributed by atoms with E-state index in [1.165, 1.54) is 24.4 Å². The molecule has 2 saturated heterocycles. The predicted octanol–water partition coefficient (Wildman–Crippen LogP) is 3.47. The second-order valence-corrected chi connectivity index (χ2v) is 9.63. The van der Waals surface area contributed by atoms with Crippen LogP contribution in [0.1, 0.15) is 46.5 Å². The van der Waals surface area contributed by atoms with E-state index in [4.69, 9.17) is 4.74 Å². The SMILES string of the molecule is CN(C)c1nsc(N2CCC(C3CCN(C(=O)OC(C)(C)C)CC3)CC2)n1. The van der Waals surface area contributed by atoms with Gasteiger partial charge in [-0.3, -0.25) is 0 Å². The van der Waals surface area contributed by atoms with Gasteiger partial charge in [-0.2, -0.15) is 9.36 Å². The van der Waals surface area contributed by atoms with Crippen LogP contribution in [-0.4, -0.2) is 66.2 Å². The lowest BCUT2D eigenvalue weighted by Gasteiger charge is -2.40. The summed E-state index contributed by atoms with van der Waals surface area (Å²) in [7, 11) is 3.95. The molecule has 0 saturated carbocycles. The first-order chi connectivity index (χ1) is 12.7. The molecule has 1 amide bonds. The maximum atomic E-state index is 12.2. The molecule has 3 rings (SSSR count). The summed E-state index contributed by atoms with van der Waals surface area (Å²) in [5, 5.41) is 1.04. The normalized spacial score (nSPS) is 20.0. The van der Waals surface area contributed by atoms with Crippen LogP contribution >= 0.6 is 11.5 Å². The fraction of sp³-hybridized carbons (Fsp3) is 0.842. The summed E-state index contributed by atoms with van der Waals surface area (Å²) < 4.78 is 9.92. The number of carbonyl (C=O) groups excluding carboxylic acids is 1. The van der Waals surface area contributed by atoms with Crippen LogP contribution in [0.15, 0.2) is 0 Å². The fourth-order valence-corrected chi connectivity index (χ4v) is 4.75. The minimum absolute atomic E-state index is 0.163. The molecular weight excluding hydrogens is 362 g/mol. The first kappa shape index (κ1) is 20.2. The van der Waals surface area contributed by atoms with E-state index in [0.29, 0.717) is 0 Å². The number of anilines is 2. The predicted molar refractivity (Wildman–Crippen MR) is 110 cm³/mol. The van der Waals surface area contributed by atoms with Crippen LogP contribution < -0.4 is 9.80 Å². The maximum Gasteiger partial charge on any atom is 0.410 e. The summed E-state index contributed by atoms with van der Waals surface area (Å²) in [6, 6.07) is 0. The van der Waals surface area contributed by atoms with Gasteiger partial charge in [-0.15, -0.1) is 0 Å². The Hall–Kier alpha value is -1.57. The third kappa shape index (κ3) is 5.24. The molecule has 8 heteroatoms. The van der Waals surface area contributed by atoms with Crippen molar-refractivity contribution in [1.29, 1.82) is 0 Å². The van der Waals surface area contributed by atoms with Crippen LogP contribution in [0.3, 0.4) is 0 Å². The van der Waals surface area contributed by atoms with Gasteiger partial charge in [0.15, 0.2) is 0 Å². The number of hydrogen-bond donors (Lipinski definition) is 0. The van der Waals surface area contributed by atoms with Gasteiger partial charge in [0.05, 0.1) is 0 Å². The molecule has 27 heavy (non-hydrogen) atoms. The molecule has 2 aliphatic heterocycles. The minimum atomic E-state index is -0.419. The minimum Gasteiger partial charge on any atom is -0.444 e. The van der Waals surface area contributed by atoms with Crippen LogP contribution in [0, 0.1) is 11.8 Å². The Bertz CT molecular complexity index is 626. The van der Waals surface area contributed by atoms with Crippen molar-refractivity contribution in [3.63, 3.8) is 0 Å². The number of ether oxygens (including phenoxy) is 1. The zero-order chi connectivity index (χ0) is 19.6. The second kappa shape index (κ2) is 8.20. The molecule has 0 N–H and O–H groups in total. The van der Waals surface area contributed by atoms with E-state index in [1.54, 1.807) is 0 Å². The van der Waals surface area contributed by atoms with Gasteiger partial charge < -0.3 is 19.4 Å². The number of amides is 1. The van der Waals surface area contributed by atoms with Gasteiger partial charge in [0.2, 0.25) is 11.1 Å². The Morgan fingerprint density at radius 1 is 1.07 bits per heavy atom. The van der Waals surface area contributed by atoms with E-state index in [9.17, 15) is 4.79 Å². The lowest BCUT2D eigenvalue weighted by molar-refractivity contribution is 0.0152. The average molecular weight is 396 g/mol. The summed E-state index contributed by atoms with van der Waals surface area (Å²) in [6.45, 7) is 9.52. The van der Waals surface area contributed by atoms with Crippen LogP contribution in [0.25, 0.3) is 0 Å². The Kier molecular flexibility index (Phi) is 6.13. The van der Waals surface area contributed by atoms with Crippen molar-refractivity contribution in [2.75, 3.05) is 50.1 Å². The molecule has 3 heterocycles. The topological polar surface area (TPSA) is 61.8 Å². The van der Waals surface area contributed by atoms with E-state index in [2.05, 4.69) is 14.3 Å². The molecule has 0 atom stereocenters. The van der Waals surface area contributed by atoms with E-state index in [0.717, 1.165) is 61.9 Å². The van der Waals surface area contributed by atoms with Gasteiger partial charge >= 0.3 is 6.09 Å². The van der Waals surface area contributed by atoms with Crippen LogP contribution in [0.5, 0.6) is 0 Å². The zero-order valence-electron chi connectivity index (χ0n) is 17.3. The van der Waals surface area contributed by atoms with Gasteiger partial charge in [0, 0.05) is 51.8 Å². The number of aromatic nitrogens is 2. The largest absolute Gasteiger partial charge is 0.444 e. The van der Waals surface area contributed by atoms with E-state index >= 15 is 0 Å². The van der Waals surface area contributed by atoms with Crippen molar-refractivity contribution in [1.82, 2.24) is 14.3 Å². The molecule has 0 aromatic carbocycles. The summed E-state index contributed by atoms with van der Waals surface area (Å²) >= 11 is 1.49. The molecule has 1 aromatic heterocycles. The van der Waals surface area contributed by atoms with E-state index in [1.807, 2.05) is 44.7 Å². The molecule has 2 fully saturated rings. The molecular formula is C19H33N5O2S. The summed E-state index contributed by atoms with van der Waals surface area (Å²) in [5.41, 5.74) is -0.419. The highest BCUT2D eigenvalue weighted by Gasteiger charge is 2.32. The molecule has 152 valence electrons. The van der Waals surface area contributed by atoms with Gasteiger partial charge in [0.1, 0.15) is 5.60 Å². The van der Waals surface area contributed by atoms with Crippen molar-refractivity contribution in [2.45, 2.75) is 52.1 Å². The Morgan fingerprint density at radius 2 is 1.63 bits per heavy atom. The molecule has 2 aliphatic rings. The van der Waals surface area contributed by atoms with Crippen molar-refractivity contribution < 1.29 is 9.53 Å². The van der Waals surface area contributed by atoms with E-state index in [-0.39, 0.29) is 6.09 Å². The quantitative estimate of drug-likeness (QED) is 0.781. The average Bonchev–Trinajstić information content (AvgIpc) is 3.11. The highest BCUT2D eigenvalue weighted by molar-refractivity contribution is 7.09. The van der Waals surface area contributed by atoms with Crippen molar-refractivity contribution in [2.24, 2.45) is 11.8 Å². The first-order valence-corrected chi connectivity index (χ1v) is 10.7. The van der Waals surface area contributed by atoms with E-state index < -0.39 is 5.60 Å². The van der Waals surface area contributed by atoms with Gasteiger partial charge in [0.25, 0.3) is 0 Å². The highest BCUT2D eigenvalue weighted by Crippen LogP contribution is 2.34. The number of carbonyl (C=O) groups is 1. The number of rotatable bonds is 3. The molecule has 7 nitrogen and oxygen atoms in total. The number of hydrogen-bond acceptors (Lipinski definition) is 7. The first-order valence-electron chi connectivity index (χ1n) is 9.97. The second-order valence-electron chi connectivity index (χ2n) is 8.90. The van der Waals surface area contributed by atoms with Gasteiger partial charge in [-0.25, -0.2) is 4.79 Å². The maximum absolute atomic E-state index is 12.2. The number of piperidine rings is 2. The Balaban J connectivity index is 1.45. The summed E-state index contributed by atoms with van der Waals surface area (Å²) in [6.07, 6.45) is 4.42. The van der Waals surface area contributed by atoms with Crippen LogP contribution in [0.2, 0.25) is 0 Å². The smallest absolute Gasteiger partial charge is 0.410 e. The number of nitrogens with zero attached hydrogens (tertiary/aromatic N) is 5. The molecule has 0 bridgehead atoms. The molecule has 0 spiro atoms. The number of likely N-dealkylation sites (tertiary alicyclic amines) is 1. The van der Waals surface area contributed by atoms with Crippen LogP contribution in [-0.2, 0) is 4.74 Å². The molecule has 0 unspecified atom stereocenters.